The van der Waals surface area contributed by atoms with Crippen molar-refractivity contribution in [2.24, 2.45) is 5.90 Å². The fourth-order valence-corrected chi connectivity index (χ4v) is 2.28. The maximum absolute atomic E-state index is 6.04. The van der Waals surface area contributed by atoms with Gasteiger partial charge in [0.25, 0.3) is 0 Å². The van der Waals surface area contributed by atoms with E-state index in [0.717, 1.165) is 43.0 Å². The SMILES string of the molecule is COc1cc(CON)ccc1OC1CCN(C)CC1. The molecule has 2 rings (SSSR count). The smallest absolute Gasteiger partial charge is 0.161 e. The van der Waals surface area contributed by atoms with Gasteiger partial charge in [-0.3, -0.25) is 4.84 Å². The first kappa shape index (κ1) is 14.1. The second-order valence-corrected chi connectivity index (χ2v) is 4.92. The molecule has 0 atom stereocenters. The maximum Gasteiger partial charge on any atom is 0.161 e. The molecule has 1 aliphatic heterocycles. The molecule has 0 aromatic heterocycles. The second kappa shape index (κ2) is 6.75. The summed E-state index contributed by atoms with van der Waals surface area (Å²) in [6, 6.07) is 5.77. The molecule has 1 saturated heterocycles. The van der Waals surface area contributed by atoms with Crippen LogP contribution in [0.1, 0.15) is 18.4 Å². The van der Waals surface area contributed by atoms with Gasteiger partial charge in [-0.2, -0.15) is 0 Å². The Morgan fingerprint density at radius 1 is 1.26 bits per heavy atom. The molecule has 106 valence electrons. The Bertz CT molecular complexity index is 404. The van der Waals surface area contributed by atoms with Gasteiger partial charge in [0.05, 0.1) is 13.7 Å². The van der Waals surface area contributed by atoms with Gasteiger partial charge in [0.1, 0.15) is 6.10 Å². The highest BCUT2D eigenvalue weighted by molar-refractivity contribution is 5.43. The van der Waals surface area contributed by atoms with Crippen molar-refractivity contribution >= 4 is 0 Å². The van der Waals surface area contributed by atoms with Gasteiger partial charge < -0.3 is 14.4 Å². The Hall–Kier alpha value is -1.30. The molecule has 19 heavy (non-hydrogen) atoms. The zero-order chi connectivity index (χ0) is 13.7. The van der Waals surface area contributed by atoms with E-state index in [-0.39, 0.29) is 6.10 Å². The van der Waals surface area contributed by atoms with E-state index in [1.807, 2.05) is 18.2 Å². The molecule has 2 N–H and O–H groups in total. The monoisotopic (exact) mass is 266 g/mol. The van der Waals surface area contributed by atoms with Gasteiger partial charge in [-0.25, -0.2) is 5.90 Å². The fourth-order valence-electron chi connectivity index (χ4n) is 2.28. The van der Waals surface area contributed by atoms with Crippen LogP contribution in [-0.4, -0.2) is 38.3 Å². The molecule has 0 amide bonds. The zero-order valence-corrected chi connectivity index (χ0v) is 11.6. The third kappa shape index (κ3) is 3.83. The van der Waals surface area contributed by atoms with Gasteiger partial charge in [0, 0.05) is 13.1 Å². The molecule has 1 heterocycles. The largest absolute Gasteiger partial charge is 0.493 e. The van der Waals surface area contributed by atoms with Crippen LogP contribution in [0.4, 0.5) is 0 Å². The van der Waals surface area contributed by atoms with Crippen molar-refractivity contribution in [1.82, 2.24) is 4.90 Å². The van der Waals surface area contributed by atoms with Crippen molar-refractivity contribution in [3.63, 3.8) is 0 Å². The predicted octanol–water partition coefficient (Wildman–Crippen LogP) is 1.56. The number of nitrogens with zero attached hydrogens (tertiary/aromatic N) is 1. The Morgan fingerprint density at radius 2 is 2.00 bits per heavy atom. The number of ether oxygens (including phenoxy) is 2. The molecular weight excluding hydrogens is 244 g/mol. The standard InChI is InChI=1S/C14H22N2O3/c1-16-7-5-12(6-8-16)19-13-4-3-11(10-18-15)9-14(13)17-2/h3-4,9,12H,5-8,10,15H2,1-2H3. The number of benzene rings is 1. The van der Waals surface area contributed by atoms with E-state index in [4.69, 9.17) is 15.4 Å². The van der Waals surface area contributed by atoms with Crippen LogP contribution in [0.25, 0.3) is 0 Å². The molecule has 1 aromatic rings. The topological polar surface area (TPSA) is 57.0 Å². The molecule has 1 aliphatic rings. The first-order chi connectivity index (χ1) is 9.22. The van der Waals surface area contributed by atoms with Gasteiger partial charge in [-0.05, 0) is 37.6 Å². The first-order valence-electron chi connectivity index (χ1n) is 6.56. The number of rotatable bonds is 5. The van der Waals surface area contributed by atoms with Gasteiger partial charge in [0.15, 0.2) is 11.5 Å². The van der Waals surface area contributed by atoms with E-state index >= 15 is 0 Å². The third-order valence-corrected chi connectivity index (χ3v) is 3.44. The molecule has 1 aromatic carbocycles. The van der Waals surface area contributed by atoms with Crippen LogP contribution in [-0.2, 0) is 11.4 Å². The lowest BCUT2D eigenvalue weighted by Crippen LogP contribution is -2.35. The molecule has 0 saturated carbocycles. The Balaban J connectivity index is 2.03. The van der Waals surface area contributed by atoms with Gasteiger partial charge in [0.2, 0.25) is 0 Å². The highest BCUT2D eigenvalue weighted by atomic mass is 16.6. The minimum Gasteiger partial charge on any atom is -0.493 e. The number of nitrogens with two attached hydrogens (primary N) is 1. The van der Waals surface area contributed by atoms with Crippen LogP contribution in [0.15, 0.2) is 18.2 Å². The summed E-state index contributed by atoms with van der Waals surface area (Å²) >= 11 is 0. The van der Waals surface area contributed by atoms with E-state index in [1.165, 1.54) is 0 Å². The average molecular weight is 266 g/mol. The normalized spacial score (nSPS) is 17.4. The lowest BCUT2D eigenvalue weighted by atomic mass is 10.1. The molecule has 0 spiro atoms. The van der Waals surface area contributed by atoms with Crippen LogP contribution >= 0.6 is 0 Å². The third-order valence-electron chi connectivity index (χ3n) is 3.44. The number of hydrogen-bond acceptors (Lipinski definition) is 5. The fraction of sp³-hybridized carbons (Fsp3) is 0.571. The Morgan fingerprint density at radius 3 is 2.63 bits per heavy atom. The van der Waals surface area contributed by atoms with E-state index in [9.17, 15) is 0 Å². The Kier molecular flexibility index (Phi) is 5.01. The second-order valence-electron chi connectivity index (χ2n) is 4.92. The van der Waals surface area contributed by atoms with E-state index in [0.29, 0.717) is 6.61 Å². The minimum absolute atomic E-state index is 0.265. The number of methoxy groups -OCH3 is 1. The summed E-state index contributed by atoms with van der Waals surface area (Å²) < 4.78 is 11.4. The molecule has 0 bridgehead atoms. The van der Waals surface area contributed by atoms with Gasteiger partial charge in [-0.1, -0.05) is 6.07 Å². The summed E-state index contributed by atoms with van der Waals surface area (Å²) in [6.07, 6.45) is 2.36. The van der Waals surface area contributed by atoms with Crippen molar-refractivity contribution < 1.29 is 14.3 Å². The summed E-state index contributed by atoms with van der Waals surface area (Å²) in [4.78, 5) is 6.95. The summed E-state index contributed by atoms with van der Waals surface area (Å²) in [5.74, 6) is 6.60. The summed E-state index contributed by atoms with van der Waals surface area (Å²) in [5, 5.41) is 0. The highest BCUT2D eigenvalue weighted by Gasteiger charge is 2.19. The lowest BCUT2D eigenvalue weighted by molar-refractivity contribution is 0.110. The van der Waals surface area contributed by atoms with Crippen LogP contribution in [0.3, 0.4) is 0 Å². The van der Waals surface area contributed by atoms with Crippen molar-refractivity contribution in [2.45, 2.75) is 25.6 Å². The molecule has 5 heteroatoms. The van der Waals surface area contributed by atoms with Crippen molar-refractivity contribution in [1.29, 1.82) is 0 Å². The van der Waals surface area contributed by atoms with E-state index < -0.39 is 0 Å². The lowest BCUT2D eigenvalue weighted by Gasteiger charge is -2.29. The maximum atomic E-state index is 6.04. The Labute approximate surface area is 114 Å². The number of piperidine rings is 1. The molecule has 0 radical (unpaired) electrons. The highest BCUT2D eigenvalue weighted by Crippen LogP contribution is 2.30. The molecule has 5 nitrogen and oxygen atoms in total. The van der Waals surface area contributed by atoms with E-state index in [2.05, 4.69) is 16.8 Å². The number of likely N-dealkylation sites (tertiary alicyclic amines) is 1. The van der Waals surface area contributed by atoms with Crippen LogP contribution in [0, 0.1) is 0 Å². The molecule has 1 fully saturated rings. The van der Waals surface area contributed by atoms with Crippen molar-refractivity contribution in [2.75, 3.05) is 27.2 Å². The quantitative estimate of drug-likeness (QED) is 0.820. The predicted molar refractivity (Wildman–Crippen MR) is 73.1 cm³/mol. The molecule has 0 aliphatic carbocycles. The summed E-state index contributed by atoms with van der Waals surface area (Å²) in [7, 11) is 3.78. The van der Waals surface area contributed by atoms with Crippen molar-refractivity contribution in [3.8, 4) is 11.5 Å². The number of hydrogen-bond donors (Lipinski definition) is 1. The average Bonchev–Trinajstić information content (AvgIpc) is 2.43. The van der Waals surface area contributed by atoms with Crippen LogP contribution in [0.2, 0.25) is 0 Å². The van der Waals surface area contributed by atoms with Gasteiger partial charge in [-0.15, -0.1) is 0 Å². The van der Waals surface area contributed by atoms with Gasteiger partial charge >= 0.3 is 0 Å². The zero-order valence-electron chi connectivity index (χ0n) is 11.6. The first-order valence-corrected chi connectivity index (χ1v) is 6.56. The van der Waals surface area contributed by atoms with E-state index in [1.54, 1.807) is 7.11 Å². The van der Waals surface area contributed by atoms with Crippen LogP contribution < -0.4 is 15.4 Å². The van der Waals surface area contributed by atoms with Crippen LogP contribution in [0.5, 0.6) is 11.5 Å². The summed E-state index contributed by atoms with van der Waals surface area (Å²) in [5.41, 5.74) is 0.968. The van der Waals surface area contributed by atoms with Crippen molar-refractivity contribution in [3.05, 3.63) is 23.8 Å². The summed E-state index contributed by atoms with van der Waals surface area (Å²) in [6.45, 7) is 2.52. The minimum atomic E-state index is 0.265. The molecule has 0 unspecified atom stereocenters. The molecular formula is C14H22N2O3.